The summed E-state index contributed by atoms with van der Waals surface area (Å²) in [4.78, 5) is 0. The maximum absolute atomic E-state index is 14.9. The largest absolute Gasteiger partial charge is 0.373 e. The fourth-order valence-corrected chi connectivity index (χ4v) is 4.90. The number of hydrogen-bond acceptors (Lipinski definition) is 1. The SMILES string of the molecule is CCCCCCCCc1ccc(-c2ccc(-c3ccc(C4CCCCO4)c(F)c3)cc2)c(F)c1F. The van der Waals surface area contributed by atoms with Crippen LogP contribution in [0.4, 0.5) is 13.2 Å². The van der Waals surface area contributed by atoms with E-state index < -0.39 is 11.6 Å². The van der Waals surface area contributed by atoms with Gasteiger partial charge in [-0.3, -0.25) is 0 Å². The normalized spacial score (nSPS) is 15.9. The van der Waals surface area contributed by atoms with Gasteiger partial charge in [-0.15, -0.1) is 0 Å². The lowest BCUT2D eigenvalue weighted by Gasteiger charge is -2.23. The summed E-state index contributed by atoms with van der Waals surface area (Å²) in [6, 6.07) is 15.8. The van der Waals surface area contributed by atoms with Gasteiger partial charge in [0.25, 0.3) is 0 Å². The molecule has 3 aromatic carbocycles. The summed E-state index contributed by atoms with van der Waals surface area (Å²) in [6.45, 7) is 2.85. The van der Waals surface area contributed by atoms with Gasteiger partial charge in [0.2, 0.25) is 0 Å². The van der Waals surface area contributed by atoms with Crippen LogP contribution in [0.1, 0.15) is 81.9 Å². The molecule has 0 aromatic heterocycles. The van der Waals surface area contributed by atoms with E-state index in [2.05, 4.69) is 6.92 Å². The number of rotatable bonds is 10. The maximum Gasteiger partial charge on any atom is 0.166 e. The third kappa shape index (κ3) is 6.35. The lowest BCUT2D eigenvalue weighted by molar-refractivity contribution is 0.0129. The average Bonchev–Trinajstić information content (AvgIpc) is 2.89. The zero-order chi connectivity index (χ0) is 24.6. The molecule has 1 aliphatic rings. The number of hydrogen-bond donors (Lipinski definition) is 0. The molecule has 1 nitrogen and oxygen atoms in total. The lowest BCUT2D eigenvalue weighted by atomic mass is 9.95. The third-order valence-electron chi connectivity index (χ3n) is 7.02. The second kappa shape index (κ2) is 12.4. The van der Waals surface area contributed by atoms with Crippen LogP contribution in [-0.2, 0) is 11.2 Å². The lowest BCUT2D eigenvalue weighted by Crippen LogP contribution is -2.12. The van der Waals surface area contributed by atoms with Crippen molar-refractivity contribution in [3.63, 3.8) is 0 Å². The van der Waals surface area contributed by atoms with Crippen LogP contribution in [-0.4, -0.2) is 6.61 Å². The Kier molecular flexibility index (Phi) is 9.03. The van der Waals surface area contributed by atoms with Crippen LogP contribution in [0.15, 0.2) is 54.6 Å². The van der Waals surface area contributed by atoms with Gasteiger partial charge in [-0.2, -0.15) is 0 Å². The molecule has 1 saturated heterocycles. The molecule has 4 rings (SSSR count). The molecule has 1 fully saturated rings. The third-order valence-corrected chi connectivity index (χ3v) is 7.02. The van der Waals surface area contributed by atoms with Crippen LogP contribution >= 0.6 is 0 Å². The second-order valence-corrected chi connectivity index (χ2v) is 9.59. The second-order valence-electron chi connectivity index (χ2n) is 9.59. The van der Waals surface area contributed by atoms with E-state index in [0.717, 1.165) is 49.7 Å². The molecule has 1 heterocycles. The molecule has 35 heavy (non-hydrogen) atoms. The monoisotopic (exact) mass is 480 g/mol. The molecule has 0 aliphatic carbocycles. The van der Waals surface area contributed by atoms with E-state index in [1.54, 1.807) is 30.3 Å². The molecule has 0 N–H and O–H groups in total. The fourth-order valence-electron chi connectivity index (χ4n) is 4.90. The number of aryl methyl sites for hydroxylation is 1. The molecule has 1 aliphatic heterocycles. The van der Waals surface area contributed by atoms with E-state index in [1.165, 1.54) is 25.3 Å². The number of halogens is 3. The molecule has 0 spiro atoms. The van der Waals surface area contributed by atoms with Gasteiger partial charge in [0, 0.05) is 17.7 Å². The van der Waals surface area contributed by atoms with E-state index in [-0.39, 0.29) is 17.5 Å². The Morgan fingerprint density at radius 2 is 1.46 bits per heavy atom. The molecule has 0 bridgehead atoms. The van der Waals surface area contributed by atoms with Gasteiger partial charge in [-0.05, 0) is 60.4 Å². The Morgan fingerprint density at radius 1 is 0.743 bits per heavy atom. The first kappa shape index (κ1) is 25.5. The molecular formula is C31H35F3O. The summed E-state index contributed by atoms with van der Waals surface area (Å²) in [5, 5.41) is 0. The summed E-state index contributed by atoms with van der Waals surface area (Å²) >= 11 is 0. The topological polar surface area (TPSA) is 9.23 Å². The van der Waals surface area contributed by atoms with Crippen molar-refractivity contribution in [1.29, 1.82) is 0 Å². The number of ether oxygens (including phenoxy) is 1. The summed E-state index contributed by atoms with van der Waals surface area (Å²) in [7, 11) is 0. The van der Waals surface area contributed by atoms with Crippen molar-refractivity contribution in [2.45, 2.75) is 77.2 Å². The molecule has 0 saturated carbocycles. The van der Waals surface area contributed by atoms with Crippen molar-refractivity contribution < 1.29 is 17.9 Å². The van der Waals surface area contributed by atoms with Crippen molar-refractivity contribution in [2.75, 3.05) is 6.61 Å². The summed E-state index contributed by atoms with van der Waals surface area (Å²) in [5.74, 6) is -1.82. The Bertz CT molecular complexity index is 1100. The van der Waals surface area contributed by atoms with E-state index >= 15 is 0 Å². The predicted octanol–water partition coefficient (Wildman–Crippen LogP) is 9.58. The molecule has 0 amide bonds. The van der Waals surface area contributed by atoms with Gasteiger partial charge < -0.3 is 4.74 Å². The zero-order valence-corrected chi connectivity index (χ0v) is 20.6. The van der Waals surface area contributed by atoms with E-state index in [1.807, 2.05) is 18.2 Å². The molecular weight excluding hydrogens is 445 g/mol. The Morgan fingerprint density at radius 3 is 2.17 bits per heavy atom. The smallest absolute Gasteiger partial charge is 0.166 e. The van der Waals surface area contributed by atoms with Gasteiger partial charge >= 0.3 is 0 Å². The summed E-state index contributed by atoms with van der Waals surface area (Å²) in [5.41, 5.74) is 3.46. The highest BCUT2D eigenvalue weighted by Gasteiger charge is 2.20. The molecule has 3 aromatic rings. The van der Waals surface area contributed by atoms with Gasteiger partial charge in [0.05, 0.1) is 6.10 Å². The predicted molar refractivity (Wildman–Crippen MR) is 137 cm³/mol. The highest BCUT2D eigenvalue weighted by molar-refractivity contribution is 5.71. The van der Waals surface area contributed by atoms with E-state index in [4.69, 9.17) is 4.74 Å². The summed E-state index contributed by atoms with van der Waals surface area (Å²) in [6.07, 6.45) is 9.97. The number of benzene rings is 3. The van der Waals surface area contributed by atoms with Crippen LogP contribution in [0, 0.1) is 17.5 Å². The molecule has 1 atom stereocenters. The molecule has 4 heteroatoms. The van der Waals surface area contributed by atoms with Gasteiger partial charge in [0.15, 0.2) is 11.6 Å². The van der Waals surface area contributed by atoms with E-state index in [0.29, 0.717) is 29.7 Å². The Labute approximate surface area is 207 Å². The Hall–Kier alpha value is -2.59. The van der Waals surface area contributed by atoms with Crippen LogP contribution < -0.4 is 0 Å². The zero-order valence-electron chi connectivity index (χ0n) is 20.6. The first-order valence-corrected chi connectivity index (χ1v) is 13.1. The first-order valence-electron chi connectivity index (χ1n) is 13.1. The standard InChI is InChI=1S/C31H35F3O/c1-2-3-4-5-6-7-10-24-16-18-26(31(34)30(24)33)23-14-12-22(13-15-23)25-17-19-27(28(32)21-25)29-11-8-9-20-35-29/h12-19,21,29H,2-11,20H2,1H3. The van der Waals surface area contributed by atoms with Crippen LogP contribution in [0.3, 0.4) is 0 Å². The Balaban J connectivity index is 1.44. The van der Waals surface area contributed by atoms with Crippen molar-refractivity contribution in [3.05, 3.63) is 83.2 Å². The van der Waals surface area contributed by atoms with Crippen molar-refractivity contribution >= 4 is 0 Å². The first-order chi connectivity index (χ1) is 17.1. The quantitative estimate of drug-likeness (QED) is 0.263. The highest BCUT2D eigenvalue weighted by atomic mass is 19.2. The summed E-state index contributed by atoms with van der Waals surface area (Å²) < 4.78 is 50.1. The van der Waals surface area contributed by atoms with Crippen molar-refractivity contribution in [3.8, 4) is 22.3 Å². The molecule has 0 radical (unpaired) electrons. The van der Waals surface area contributed by atoms with Crippen LogP contribution in [0.25, 0.3) is 22.3 Å². The van der Waals surface area contributed by atoms with Crippen molar-refractivity contribution in [1.82, 2.24) is 0 Å². The van der Waals surface area contributed by atoms with Gasteiger partial charge in [-0.25, -0.2) is 13.2 Å². The van der Waals surface area contributed by atoms with Crippen molar-refractivity contribution in [2.24, 2.45) is 0 Å². The van der Waals surface area contributed by atoms with Crippen LogP contribution in [0.5, 0.6) is 0 Å². The van der Waals surface area contributed by atoms with Gasteiger partial charge in [-0.1, -0.05) is 87.6 Å². The minimum Gasteiger partial charge on any atom is -0.373 e. The maximum atomic E-state index is 14.9. The number of unbranched alkanes of at least 4 members (excludes halogenated alkanes) is 5. The van der Waals surface area contributed by atoms with Crippen LogP contribution in [0.2, 0.25) is 0 Å². The van der Waals surface area contributed by atoms with E-state index in [9.17, 15) is 13.2 Å². The highest BCUT2D eigenvalue weighted by Crippen LogP contribution is 2.33. The van der Waals surface area contributed by atoms with Gasteiger partial charge in [0.1, 0.15) is 5.82 Å². The molecule has 1 unspecified atom stereocenters. The minimum atomic E-state index is -0.802. The fraction of sp³-hybridized carbons (Fsp3) is 0.419. The minimum absolute atomic E-state index is 0.179. The molecule has 186 valence electrons. The average molecular weight is 481 g/mol.